The molecule has 0 spiro atoms. The van der Waals surface area contributed by atoms with Gasteiger partial charge in [-0.15, -0.1) is 0 Å². The van der Waals surface area contributed by atoms with E-state index >= 15 is 0 Å². The Labute approximate surface area is 157 Å². The zero-order valence-electron chi connectivity index (χ0n) is 14.9. The van der Waals surface area contributed by atoms with Crippen LogP contribution in [0.5, 0.6) is 5.75 Å². The van der Waals surface area contributed by atoms with E-state index in [-0.39, 0.29) is 6.61 Å². The van der Waals surface area contributed by atoms with Gasteiger partial charge in [-0.2, -0.15) is 5.26 Å². The molecular formula is C20H20FN3O3. The highest BCUT2D eigenvalue weighted by atomic mass is 19.1. The highest BCUT2D eigenvalue weighted by Gasteiger charge is 2.08. The topological polar surface area (TPSA) is 97.4 Å². The van der Waals surface area contributed by atoms with Crippen molar-refractivity contribution in [2.45, 2.75) is 6.92 Å². The molecule has 7 heteroatoms. The average Bonchev–Trinajstić information content (AvgIpc) is 2.66. The number of halogens is 1. The predicted octanol–water partition coefficient (Wildman–Crippen LogP) is 4.25. The highest BCUT2D eigenvalue weighted by Crippen LogP contribution is 2.27. The lowest BCUT2D eigenvalue weighted by atomic mass is 10.0. The molecule has 6 nitrogen and oxygen atoms in total. The van der Waals surface area contributed by atoms with E-state index in [0.29, 0.717) is 34.9 Å². The third kappa shape index (κ3) is 5.75. The van der Waals surface area contributed by atoms with Crippen LogP contribution in [-0.2, 0) is 4.74 Å². The van der Waals surface area contributed by atoms with E-state index in [4.69, 9.17) is 10.5 Å². The number of ether oxygens (including phenoxy) is 2. The van der Waals surface area contributed by atoms with Crippen molar-refractivity contribution in [2.24, 2.45) is 0 Å². The number of rotatable bonds is 7. The van der Waals surface area contributed by atoms with Crippen molar-refractivity contribution in [3.8, 4) is 11.8 Å². The molecule has 0 aliphatic carbocycles. The molecule has 0 aliphatic heterocycles. The number of amides is 1. The maximum absolute atomic E-state index is 12.0. The van der Waals surface area contributed by atoms with Crippen LogP contribution in [0.2, 0.25) is 0 Å². The summed E-state index contributed by atoms with van der Waals surface area (Å²) in [6.07, 6.45) is 0.966. The van der Waals surface area contributed by atoms with Crippen LogP contribution in [0.25, 0.3) is 11.6 Å². The van der Waals surface area contributed by atoms with Gasteiger partial charge in [0, 0.05) is 23.0 Å². The average molecular weight is 369 g/mol. The third-order valence-electron chi connectivity index (χ3n) is 3.52. The number of alkyl halides is 1. The number of carbonyl (C=O) groups is 1. The van der Waals surface area contributed by atoms with Gasteiger partial charge in [-0.1, -0.05) is 12.1 Å². The SMILES string of the molecule is CCOc1ccc(/C(C#N)=C/c2ccc(NC(=O)OCCF)cc2)c(N)c1. The van der Waals surface area contributed by atoms with E-state index in [2.05, 4.69) is 16.1 Å². The van der Waals surface area contributed by atoms with Crippen molar-refractivity contribution in [3.63, 3.8) is 0 Å². The maximum atomic E-state index is 12.0. The summed E-state index contributed by atoms with van der Waals surface area (Å²) in [5.41, 5.74) is 8.75. The number of hydrogen-bond donors (Lipinski definition) is 2. The summed E-state index contributed by atoms with van der Waals surface area (Å²) in [7, 11) is 0. The van der Waals surface area contributed by atoms with Gasteiger partial charge in [-0.05, 0) is 42.8 Å². The largest absolute Gasteiger partial charge is 0.494 e. The van der Waals surface area contributed by atoms with Crippen LogP contribution in [-0.4, -0.2) is 26.0 Å². The number of nitrogens with two attached hydrogens (primary N) is 1. The zero-order valence-corrected chi connectivity index (χ0v) is 14.9. The van der Waals surface area contributed by atoms with Crippen LogP contribution in [0.1, 0.15) is 18.1 Å². The fourth-order valence-corrected chi connectivity index (χ4v) is 2.33. The predicted molar refractivity (Wildman–Crippen MR) is 103 cm³/mol. The van der Waals surface area contributed by atoms with Crippen LogP contribution in [0.15, 0.2) is 42.5 Å². The number of anilines is 2. The number of allylic oxidation sites excluding steroid dienone is 1. The normalized spacial score (nSPS) is 10.8. The van der Waals surface area contributed by atoms with Gasteiger partial charge in [0.05, 0.1) is 18.2 Å². The molecule has 1 amide bonds. The Bertz CT molecular complexity index is 858. The molecule has 2 aromatic carbocycles. The number of hydrogen-bond acceptors (Lipinski definition) is 5. The molecule has 0 saturated carbocycles. The van der Waals surface area contributed by atoms with Gasteiger partial charge in [0.25, 0.3) is 0 Å². The minimum absolute atomic E-state index is 0.290. The lowest BCUT2D eigenvalue weighted by Crippen LogP contribution is -2.14. The van der Waals surface area contributed by atoms with E-state index in [9.17, 15) is 14.4 Å². The second kappa shape index (κ2) is 9.82. The summed E-state index contributed by atoms with van der Waals surface area (Å²) in [4.78, 5) is 11.4. The summed E-state index contributed by atoms with van der Waals surface area (Å²) in [6, 6.07) is 14.1. The Morgan fingerprint density at radius 1 is 1.30 bits per heavy atom. The van der Waals surface area contributed by atoms with Gasteiger partial charge in [-0.25, -0.2) is 9.18 Å². The van der Waals surface area contributed by atoms with Crippen LogP contribution >= 0.6 is 0 Å². The molecule has 2 aromatic rings. The quantitative estimate of drug-likeness (QED) is 0.432. The molecular weight excluding hydrogens is 349 g/mol. The Hall–Kier alpha value is -3.53. The van der Waals surface area contributed by atoms with Crippen molar-refractivity contribution in [3.05, 3.63) is 53.6 Å². The minimum atomic E-state index is -0.733. The Morgan fingerprint density at radius 3 is 2.63 bits per heavy atom. The molecule has 0 fully saturated rings. The molecule has 3 N–H and O–H groups in total. The first-order valence-corrected chi connectivity index (χ1v) is 8.31. The summed E-state index contributed by atoms with van der Waals surface area (Å²) < 4.78 is 22.0. The number of nitrogens with zero attached hydrogens (tertiary/aromatic N) is 1. The van der Waals surface area contributed by atoms with Gasteiger partial charge in [0.15, 0.2) is 0 Å². The summed E-state index contributed by atoms with van der Waals surface area (Å²) in [6.45, 7) is 1.38. The Balaban J connectivity index is 2.16. The number of nitriles is 1. The van der Waals surface area contributed by atoms with Gasteiger partial charge in [0.1, 0.15) is 19.0 Å². The molecule has 140 valence electrons. The van der Waals surface area contributed by atoms with E-state index in [1.807, 2.05) is 6.92 Å². The molecule has 0 unspecified atom stereocenters. The molecule has 0 radical (unpaired) electrons. The van der Waals surface area contributed by atoms with Crippen molar-refractivity contribution < 1.29 is 18.7 Å². The van der Waals surface area contributed by atoms with Gasteiger partial charge >= 0.3 is 6.09 Å². The molecule has 0 aromatic heterocycles. The standard InChI is InChI=1S/C20H20FN3O3/c1-2-26-17-7-8-18(19(23)12-17)15(13-22)11-14-3-5-16(6-4-14)24-20(25)27-10-9-21/h3-8,11-12H,2,9-10,23H2,1H3,(H,24,25)/b15-11+. The summed E-state index contributed by atoms with van der Waals surface area (Å²) >= 11 is 0. The molecule has 0 aliphatic rings. The first-order valence-electron chi connectivity index (χ1n) is 8.31. The van der Waals surface area contributed by atoms with Crippen molar-refractivity contribution in [2.75, 3.05) is 30.9 Å². The molecule has 0 heterocycles. The van der Waals surface area contributed by atoms with Crippen molar-refractivity contribution >= 4 is 29.1 Å². The van der Waals surface area contributed by atoms with Crippen molar-refractivity contribution in [1.82, 2.24) is 0 Å². The number of carbonyl (C=O) groups excluding carboxylic acids is 1. The Kier molecular flexibility index (Phi) is 7.20. The van der Waals surface area contributed by atoms with Crippen LogP contribution in [0.3, 0.4) is 0 Å². The van der Waals surface area contributed by atoms with Crippen LogP contribution in [0.4, 0.5) is 20.6 Å². The maximum Gasteiger partial charge on any atom is 0.411 e. The van der Waals surface area contributed by atoms with Gasteiger partial charge < -0.3 is 15.2 Å². The van der Waals surface area contributed by atoms with Gasteiger partial charge in [0.2, 0.25) is 0 Å². The smallest absolute Gasteiger partial charge is 0.411 e. The molecule has 27 heavy (non-hydrogen) atoms. The fraction of sp³-hybridized carbons (Fsp3) is 0.200. The Morgan fingerprint density at radius 2 is 2.04 bits per heavy atom. The van der Waals surface area contributed by atoms with Crippen LogP contribution < -0.4 is 15.8 Å². The van der Waals surface area contributed by atoms with E-state index in [0.717, 1.165) is 5.56 Å². The minimum Gasteiger partial charge on any atom is -0.494 e. The first-order chi connectivity index (χ1) is 13.1. The molecule has 0 atom stereocenters. The fourth-order valence-electron chi connectivity index (χ4n) is 2.33. The molecule has 0 bridgehead atoms. The second-order valence-corrected chi connectivity index (χ2v) is 5.42. The van der Waals surface area contributed by atoms with Gasteiger partial charge in [-0.3, -0.25) is 5.32 Å². The molecule has 2 rings (SSSR count). The highest BCUT2D eigenvalue weighted by molar-refractivity contribution is 5.94. The zero-order chi connectivity index (χ0) is 19.6. The summed E-state index contributed by atoms with van der Waals surface area (Å²) in [5.74, 6) is 0.645. The number of benzene rings is 2. The third-order valence-corrected chi connectivity index (χ3v) is 3.52. The lowest BCUT2D eigenvalue weighted by Gasteiger charge is -2.09. The lowest BCUT2D eigenvalue weighted by molar-refractivity contribution is 0.152. The second-order valence-electron chi connectivity index (χ2n) is 5.42. The van der Waals surface area contributed by atoms with Crippen LogP contribution in [0, 0.1) is 11.3 Å². The number of nitrogen functional groups attached to an aromatic ring is 1. The van der Waals surface area contributed by atoms with Crippen molar-refractivity contribution in [1.29, 1.82) is 5.26 Å². The van der Waals surface area contributed by atoms with E-state index in [1.165, 1.54) is 0 Å². The summed E-state index contributed by atoms with van der Waals surface area (Å²) in [5, 5.41) is 12.0. The monoisotopic (exact) mass is 369 g/mol. The van der Waals surface area contributed by atoms with E-state index < -0.39 is 12.8 Å². The van der Waals surface area contributed by atoms with E-state index in [1.54, 1.807) is 48.5 Å². The number of nitrogens with one attached hydrogen (secondary N) is 1. The first kappa shape index (κ1) is 19.8. The molecule has 0 saturated heterocycles.